The Morgan fingerprint density at radius 2 is 0.622 bits per heavy atom. The van der Waals surface area contributed by atoms with Crippen LogP contribution >= 0.6 is 0 Å². The first-order chi connectivity index (χ1) is 62.2. The standard InChI is InChI=1S/C41H26N4O2.C35H24N4O.C34H23N5O/c1-41(2)31-14-8-6-12-25(31)28-22-36-30(21-32(28)41)27-17-18-33(42-40(27)47-36)39-44-37(23-10-4-3-5-11-23)43-38(45-39)24-16-19-35-29(20-24)26-13-7-9-15-34(26)46-35;1-35(2)27-19-26-23-15-9-10-16-28(23)40-29(26)20-25(27)24-17-18-36-31(30(24)35)34-38-32(21-11-5-3-6-12-21)37-33(39-34)22-13-7-4-8-14-22;1-34(2)27-23(22-15-16-24-21-12-6-7-14-26(21)40-30(24)28(22)34)17-19-36-29(27)33-38-31(20-10-4-3-5-11-20)37-32(39-33)25-13-8-9-18-35-25/h3-22H,1-2H3;3-20H,1-2H3;3-19H,1-2H3. The first kappa shape index (κ1) is 74.3. The van der Waals surface area contributed by atoms with Crippen molar-refractivity contribution in [3.8, 4) is 136 Å². The molecule has 0 aliphatic heterocycles. The Bertz CT molecular complexity index is 8300. The van der Waals surface area contributed by atoms with Gasteiger partial charge in [0.05, 0.1) is 0 Å². The highest BCUT2D eigenvalue weighted by Crippen LogP contribution is 2.57. The van der Waals surface area contributed by atoms with E-state index in [4.69, 9.17) is 77.5 Å². The van der Waals surface area contributed by atoms with Crippen LogP contribution in [-0.2, 0) is 16.2 Å². The summed E-state index contributed by atoms with van der Waals surface area (Å²) in [6.07, 6.45) is 5.45. The molecule has 11 heterocycles. The molecule has 26 rings (SSSR count). The Kier molecular flexibility index (Phi) is 16.9. The number of furan rings is 4. The smallest absolute Gasteiger partial charge is 0.227 e. The van der Waals surface area contributed by atoms with Crippen molar-refractivity contribution in [2.75, 3.05) is 0 Å². The Hall–Kier alpha value is -16.5. The van der Waals surface area contributed by atoms with Crippen LogP contribution in [0.25, 0.3) is 224 Å². The largest absolute Gasteiger partial charge is 0.456 e. The number of nitrogens with zero attached hydrogens (tertiary/aromatic N) is 13. The predicted octanol–water partition coefficient (Wildman–Crippen LogP) is 26.7. The molecule has 23 aromatic rings. The van der Waals surface area contributed by atoms with E-state index < -0.39 is 5.41 Å². The summed E-state index contributed by atoms with van der Waals surface area (Å²) in [4.78, 5) is 63.7. The van der Waals surface area contributed by atoms with Gasteiger partial charge in [-0.1, -0.05) is 254 Å². The molecule has 17 heteroatoms. The third-order valence-electron chi connectivity index (χ3n) is 25.4. The Labute approximate surface area is 727 Å². The summed E-state index contributed by atoms with van der Waals surface area (Å²) in [6, 6.07) is 106. The number of hydrogen-bond donors (Lipinski definition) is 0. The highest BCUT2D eigenvalue weighted by atomic mass is 16.3. The van der Waals surface area contributed by atoms with Crippen LogP contribution in [0.2, 0.25) is 0 Å². The van der Waals surface area contributed by atoms with E-state index in [2.05, 4.69) is 162 Å². The number of rotatable bonds is 9. The molecule has 127 heavy (non-hydrogen) atoms. The van der Waals surface area contributed by atoms with Crippen LogP contribution in [0, 0.1) is 0 Å². The van der Waals surface area contributed by atoms with Gasteiger partial charge in [-0.25, -0.2) is 49.8 Å². The molecule has 0 N–H and O–H groups in total. The van der Waals surface area contributed by atoms with E-state index in [0.717, 1.165) is 160 Å². The van der Waals surface area contributed by atoms with Crippen LogP contribution in [0.1, 0.15) is 74.9 Å². The van der Waals surface area contributed by atoms with Crippen LogP contribution in [-0.4, -0.2) is 64.8 Å². The summed E-state index contributed by atoms with van der Waals surface area (Å²) in [5.74, 6) is 5.05. The molecule has 0 saturated heterocycles. The number of aromatic nitrogens is 13. The van der Waals surface area contributed by atoms with Crippen LogP contribution in [0.4, 0.5) is 0 Å². The summed E-state index contributed by atoms with van der Waals surface area (Å²) < 4.78 is 25.3. The van der Waals surface area contributed by atoms with Crippen LogP contribution in [0.5, 0.6) is 0 Å². The Morgan fingerprint density at radius 3 is 1.20 bits per heavy atom. The third-order valence-corrected chi connectivity index (χ3v) is 25.4. The van der Waals surface area contributed by atoms with E-state index in [-0.39, 0.29) is 10.8 Å². The van der Waals surface area contributed by atoms with Gasteiger partial charge in [-0.15, -0.1) is 0 Å². The Balaban J connectivity index is 0.000000107. The van der Waals surface area contributed by atoms with Gasteiger partial charge >= 0.3 is 0 Å². The second-order valence-electron chi connectivity index (χ2n) is 34.0. The third kappa shape index (κ3) is 12.2. The van der Waals surface area contributed by atoms with Gasteiger partial charge in [-0.2, -0.15) is 0 Å². The number of benzene rings is 12. The van der Waals surface area contributed by atoms with Crippen molar-refractivity contribution in [3.05, 3.63) is 367 Å². The minimum atomic E-state index is -0.410. The van der Waals surface area contributed by atoms with Crippen LogP contribution < -0.4 is 0 Å². The number of fused-ring (bicyclic) bond motifs is 22. The molecule has 3 aliphatic carbocycles. The molecule has 0 unspecified atom stereocenters. The fraction of sp³-hybridized carbons (Fsp3) is 0.0818. The van der Waals surface area contributed by atoms with Crippen molar-refractivity contribution in [2.45, 2.75) is 57.8 Å². The van der Waals surface area contributed by atoms with Crippen molar-refractivity contribution in [1.29, 1.82) is 0 Å². The van der Waals surface area contributed by atoms with Crippen molar-refractivity contribution < 1.29 is 17.7 Å². The van der Waals surface area contributed by atoms with Gasteiger partial charge in [0.2, 0.25) is 5.71 Å². The van der Waals surface area contributed by atoms with Gasteiger partial charge in [0.1, 0.15) is 61.9 Å². The van der Waals surface area contributed by atoms with Crippen LogP contribution in [0.15, 0.2) is 352 Å². The molecule has 0 bridgehead atoms. The van der Waals surface area contributed by atoms with Gasteiger partial charge in [0, 0.05) is 111 Å². The minimum absolute atomic E-state index is 0.0992. The van der Waals surface area contributed by atoms with E-state index in [9.17, 15) is 0 Å². The van der Waals surface area contributed by atoms with E-state index in [1.807, 2.05) is 213 Å². The van der Waals surface area contributed by atoms with Gasteiger partial charge < -0.3 is 17.7 Å². The lowest BCUT2D eigenvalue weighted by Gasteiger charge is -2.23. The molecule has 0 amide bonds. The highest BCUT2D eigenvalue weighted by Gasteiger charge is 2.44. The maximum Gasteiger partial charge on any atom is 0.227 e. The fourth-order valence-electron chi connectivity index (χ4n) is 19.3. The second kappa shape index (κ2) is 28.8. The van der Waals surface area contributed by atoms with Crippen molar-refractivity contribution >= 4 is 87.9 Å². The quantitative estimate of drug-likeness (QED) is 0.131. The molecular formula is C110H73N13O4. The average Bonchev–Trinajstić information content (AvgIpc) is 1.53. The van der Waals surface area contributed by atoms with E-state index in [1.54, 1.807) is 6.20 Å². The molecule has 0 saturated carbocycles. The van der Waals surface area contributed by atoms with Gasteiger partial charge in [0.25, 0.3) is 0 Å². The van der Waals surface area contributed by atoms with Crippen LogP contribution in [0.3, 0.4) is 0 Å². The maximum absolute atomic E-state index is 6.49. The summed E-state index contributed by atoms with van der Waals surface area (Å²) in [6.45, 7) is 13.6. The fourth-order valence-corrected chi connectivity index (χ4v) is 19.3. The molecule has 3 aliphatic rings. The highest BCUT2D eigenvalue weighted by molar-refractivity contribution is 6.12. The van der Waals surface area contributed by atoms with E-state index >= 15 is 0 Å². The summed E-state index contributed by atoms with van der Waals surface area (Å²) in [7, 11) is 0. The lowest BCUT2D eigenvalue weighted by atomic mass is 9.80. The first-order valence-electron chi connectivity index (χ1n) is 42.4. The van der Waals surface area contributed by atoms with Crippen molar-refractivity contribution in [1.82, 2.24) is 64.8 Å². The molecule has 12 aromatic carbocycles. The van der Waals surface area contributed by atoms with Crippen molar-refractivity contribution in [3.63, 3.8) is 0 Å². The number of pyridine rings is 4. The molecule has 0 atom stereocenters. The van der Waals surface area contributed by atoms with Gasteiger partial charge in [-0.3, -0.25) is 15.0 Å². The zero-order valence-corrected chi connectivity index (χ0v) is 69.7. The molecule has 0 radical (unpaired) electrons. The minimum Gasteiger partial charge on any atom is -0.456 e. The average molecular weight is 1640 g/mol. The van der Waals surface area contributed by atoms with Gasteiger partial charge in [0.15, 0.2) is 52.4 Å². The monoisotopic (exact) mass is 1640 g/mol. The first-order valence-corrected chi connectivity index (χ1v) is 42.4. The lowest BCUT2D eigenvalue weighted by Crippen LogP contribution is -2.18. The van der Waals surface area contributed by atoms with E-state index in [0.29, 0.717) is 69.5 Å². The number of hydrogen-bond acceptors (Lipinski definition) is 17. The second-order valence-corrected chi connectivity index (χ2v) is 34.0. The van der Waals surface area contributed by atoms with Crippen molar-refractivity contribution in [2.24, 2.45) is 0 Å². The zero-order valence-electron chi connectivity index (χ0n) is 69.7. The molecule has 602 valence electrons. The molecule has 0 fully saturated rings. The summed E-state index contributed by atoms with van der Waals surface area (Å²) >= 11 is 0. The number of para-hydroxylation sites is 3. The lowest BCUT2D eigenvalue weighted by molar-refractivity contribution is 0.619. The van der Waals surface area contributed by atoms with E-state index in [1.165, 1.54) is 27.8 Å². The van der Waals surface area contributed by atoms with Gasteiger partial charge in [-0.05, 0) is 164 Å². The summed E-state index contributed by atoms with van der Waals surface area (Å²) in [5.41, 5.74) is 27.4. The SMILES string of the molecule is CC1(C)c2c(ccnc2-c2nc(-c3ccccc3)nc(-c3ccccn3)n2)-c2ccc3c(oc4ccccc43)c21.CC1(C)c2cc3c(cc2-c2ccnc(-c4nc(-c5ccccc5)nc(-c5ccccc5)n4)c21)oc1ccccc13.CC1(C)c2ccccc2-c2cc3oc4nc(-c5nc(-c6ccccc6)nc(-c6ccc7oc8ccccc8c7c6)n5)ccc4c3cc21. The molecular weight excluding hydrogens is 1570 g/mol. The molecule has 17 nitrogen and oxygen atoms in total. The molecule has 0 spiro atoms. The Morgan fingerprint density at radius 1 is 0.205 bits per heavy atom. The predicted molar refractivity (Wildman–Crippen MR) is 501 cm³/mol. The normalized spacial score (nSPS) is 13.5. The maximum atomic E-state index is 6.49. The molecule has 11 aromatic heterocycles. The zero-order chi connectivity index (χ0) is 85.0. The topological polar surface area (TPSA) is 220 Å². The summed E-state index contributed by atoms with van der Waals surface area (Å²) in [5, 5.41) is 8.58.